The monoisotopic (exact) mass is 275 g/mol. The summed E-state index contributed by atoms with van der Waals surface area (Å²) in [7, 11) is 0. The highest BCUT2D eigenvalue weighted by molar-refractivity contribution is 7.09. The van der Waals surface area contributed by atoms with E-state index >= 15 is 0 Å². The number of aliphatic hydroxyl groups excluding tert-OH is 1. The quantitative estimate of drug-likeness (QED) is 0.923. The van der Waals surface area contributed by atoms with Crippen molar-refractivity contribution in [2.45, 2.75) is 31.5 Å². The number of thiazole rings is 1. The van der Waals surface area contributed by atoms with E-state index in [0.29, 0.717) is 0 Å². The molecule has 3 rings (SSSR count). The van der Waals surface area contributed by atoms with Crippen molar-refractivity contribution in [1.29, 1.82) is 0 Å². The first-order valence-electron chi connectivity index (χ1n) is 6.52. The Kier molecular flexibility index (Phi) is 3.87. The first-order valence-corrected chi connectivity index (χ1v) is 7.40. The molecule has 0 saturated carbocycles. The minimum atomic E-state index is -0.250. The molecule has 1 aliphatic heterocycles. The van der Waals surface area contributed by atoms with Crippen molar-refractivity contribution in [3.63, 3.8) is 0 Å². The Hall–Kier alpha value is -1.30. The average molecular weight is 275 g/mol. The highest BCUT2D eigenvalue weighted by Crippen LogP contribution is 2.24. The van der Waals surface area contributed by atoms with Crippen LogP contribution in [0.15, 0.2) is 36.1 Å². The van der Waals surface area contributed by atoms with E-state index in [-0.39, 0.29) is 12.1 Å². The molecular formula is C14H17N3OS. The zero-order chi connectivity index (χ0) is 13.1. The molecule has 0 spiro atoms. The molecule has 0 radical (unpaired) electrons. The first-order chi connectivity index (χ1) is 9.33. The van der Waals surface area contributed by atoms with Crippen molar-refractivity contribution in [3.05, 3.63) is 46.7 Å². The van der Waals surface area contributed by atoms with Crippen LogP contribution in [0.25, 0.3) is 0 Å². The van der Waals surface area contributed by atoms with E-state index in [4.69, 9.17) is 0 Å². The summed E-state index contributed by atoms with van der Waals surface area (Å²) in [4.78, 5) is 10.8. The molecule has 1 fully saturated rings. The molecule has 5 heteroatoms. The lowest BCUT2D eigenvalue weighted by Gasteiger charge is -2.25. The number of likely N-dealkylation sites (tertiary alicyclic amines) is 1. The lowest BCUT2D eigenvalue weighted by molar-refractivity contribution is 0.112. The number of hydrogen-bond donors (Lipinski definition) is 1. The Labute approximate surface area is 116 Å². The summed E-state index contributed by atoms with van der Waals surface area (Å²) in [6.45, 7) is 1.77. The van der Waals surface area contributed by atoms with Gasteiger partial charge in [-0.25, -0.2) is 4.98 Å². The molecule has 2 aromatic heterocycles. The third-order valence-corrected chi connectivity index (χ3v) is 4.38. The van der Waals surface area contributed by atoms with Crippen molar-refractivity contribution in [3.8, 4) is 0 Å². The summed E-state index contributed by atoms with van der Waals surface area (Å²) in [5, 5.41) is 13.3. The molecule has 1 N–H and O–H groups in total. The number of pyridine rings is 1. The minimum absolute atomic E-state index is 0.174. The molecule has 2 atom stereocenters. The van der Waals surface area contributed by atoms with Gasteiger partial charge in [-0.2, -0.15) is 0 Å². The molecule has 2 aromatic rings. The zero-order valence-corrected chi connectivity index (χ0v) is 11.5. The summed E-state index contributed by atoms with van der Waals surface area (Å²) in [5.74, 6) is 0. The van der Waals surface area contributed by atoms with Gasteiger partial charge in [-0.3, -0.25) is 9.88 Å². The Morgan fingerprint density at radius 1 is 1.42 bits per heavy atom. The molecule has 0 aromatic carbocycles. The molecular weight excluding hydrogens is 258 g/mol. The van der Waals surface area contributed by atoms with Crippen molar-refractivity contribution in [2.75, 3.05) is 6.54 Å². The van der Waals surface area contributed by atoms with Gasteiger partial charge in [0.2, 0.25) is 0 Å². The number of rotatable bonds is 4. The molecule has 0 bridgehead atoms. The van der Waals surface area contributed by atoms with Gasteiger partial charge in [-0.15, -0.1) is 11.3 Å². The van der Waals surface area contributed by atoms with E-state index in [2.05, 4.69) is 20.9 Å². The maximum Gasteiger partial charge on any atom is 0.107 e. The second-order valence-electron chi connectivity index (χ2n) is 4.89. The first kappa shape index (κ1) is 12.7. The largest absolute Gasteiger partial charge is 0.391 e. The molecule has 1 saturated heterocycles. The van der Waals surface area contributed by atoms with Crippen LogP contribution in [0.2, 0.25) is 0 Å². The van der Waals surface area contributed by atoms with E-state index in [1.54, 1.807) is 17.5 Å². The molecule has 1 aliphatic rings. The number of aromatic nitrogens is 2. The molecule has 0 aliphatic carbocycles. The van der Waals surface area contributed by atoms with Gasteiger partial charge in [-0.1, -0.05) is 6.07 Å². The van der Waals surface area contributed by atoms with Gasteiger partial charge < -0.3 is 5.11 Å². The normalized spacial score (nSPS) is 23.8. The van der Waals surface area contributed by atoms with E-state index in [9.17, 15) is 5.11 Å². The van der Waals surface area contributed by atoms with Crippen LogP contribution in [0, 0.1) is 0 Å². The lowest BCUT2D eigenvalue weighted by atomic mass is 10.0. The number of nitrogens with zero attached hydrogens (tertiary/aromatic N) is 3. The van der Waals surface area contributed by atoms with Gasteiger partial charge >= 0.3 is 0 Å². The maximum atomic E-state index is 10.2. The van der Waals surface area contributed by atoms with Crippen molar-refractivity contribution >= 4 is 11.3 Å². The third kappa shape index (κ3) is 3.00. The maximum absolute atomic E-state index is 10.2. The molecule has 0 unspecified atom stereocenters. The van der Waals surface area contributed by atoms with Crippen LogP contribution in [0.4, 0.5) is 0 Å². The van der Waals surface area contributed by atoms with Gasteiger partial charge in [0.1, 0.15) is 5.01 Å². The van der Waals surface area contributed by atoms with Crippen LogP contribution in [-0.4, -0.2) is 38.7 Å². The van der Waals surface area contributed by atoms with Crippen molar-refractivity contribution in [2.24, 2.45) is 0 Å². The van der Waals surface area contributed by atoms with Gasteiger partial charge in [0.15, 0.2) is 0 Å². The Morgan fingerprint density at radius 2 is 2.37 bits per heavy atom. The van der Waals surface area contributed by atoms with Crippen LogP contribution < -0.4 is 0 Å². The Balaban J connectivity index is 1.70. The second-order valence-corrected chi connectivity index (χ2v) is 5.86. The van der Waals surface area contributed by atoms with Crippen LogP contribution >= 0.6 is 11.3 Å². The molecule has 3 heterocycles. The fourth-order valence-electron chi connectivity index (χ4n) is 2.63. The van der Waals surface area contributed by atoms with Gasteiger partial charge in [0, 0.05) is 36.6 Å². The van der Waals surface area contributed by atoms with Crippen molar-refractivity contribution in [1.82, 2.24) is 14.9 Å². The minimum Gasteiger partial charge on any atom is -0.391 e. The average Bonchev–Trinajstić information content (AvgIpc) is 3.05. The summed E-state index contributed by atoms with van der Waals surface area (Å²) in [6, 6.07) is 4.19. The van der Waals surface area contributed by atoms with E-state index < -0.39 is 0 Å². The summed E-state index contributed by atoms with van der Waals surface area (Å²) < 4.78 is 0. The van der Waals surface area contributed by atoms with Crippen LogP contribution in [0.1, 0.15) is 17.0 Å². The highest BCUT2D eigenvalue weighted by Gasteiger charge is 2.33. The van der Waals surface area contributed by atoms with E-state index in [0.717, 1.165) is 30.9 Å². The predicted molar refractivity (Wildman–Crippen MR) is 74.9 cm³/mol. The molecule has 19 heavy (non-hydrogen) atoms. The van der Waals surface area contributed by atoms with Crippen molar-refractivity contribution < 1.29 is 5.11 Å². The van der Waals surface area contributed by atoms with Crippen LogP contribution in [0.3, 0.4) is 0 Å². The molecule has 100 valence electrons. The third-order valence-electron chi connectivity index (χ3n) is 3.61. The topological polar surface area (TPSA) is 49.2 Å². The second kappa shape index (κ2) is 5.77. The summed E-state index contributed by atoms with van der Waals surface area (Å²) >= 11 is 1.67. The van der Waals surface area contributed by atoms with E-state index in [1.165, 1.54) is 5.56 Å². The summed E-state index contributed by atoms with van der Waals surface area (Å²) in [6.07, 6.45) is 6.94. The summed E-state index contributed by atoms with van der Waals surface area (Å²) in [5.41, 5.74) is 1.18. The van der Waals surface area contributed by atoms with Crippen LogP contribution in [0.5, 0.6) is 0 Å². The Bertz CT molecular complexity index is 503. The van der Waals surface area contributed by atoms with Gasteiger partial charge in [-0.05, 0) is 24.5 Å². The standard InChI is InChI=1S/C14H17N3OS/c18-13-3-6-17(10-14-16-5-7-19-14)12(13)8-11-2-1-4-15-9-11/h1-2,4-5,7,9,12-13,18H,3,6,8,10H2/t12-,13+/m1/s1. The van der Waals surface area contributed by atoms with Gasteiger partial charge in [0.05, 0.1) is 12.6 Å². The predicted octanol–water partition coefficient (Wildman–Crippen LogP) is 1.72. The Morgan fingerprint density at radius 3 is 3.11 bits per heavy atom. The number of hydrogen-bond acceptors (Lipinski definition) is 5. The lowest BCUT2D eigenvalue weighted by Crippen LogP contribution is -2.36. The van der Waals surface area contributed by atoms with Gasteiger partial charge in [0.25, 0.3) is 0 Å². The fourth-order valence-corrected chi connectivity index (χ4v) is 3.27. The number of aliphatic hydroxyl groups is 1. The molecule has 4 nitrogen and oxygen atoms in total. The fraction of sp³-hybridized carbons (Fsp3) is 0.429. The highest BCUT2D eigenvalue weighted by atomic mass is 32.1. The zero-order valence-electron chi connectivity index (χ0n) is 10.6. The SMILES string of the molecule is O[C@H]1CCN(Cc2nccs2)[C@@H]1Cc1cccnc1. The molecule has 0 amide bonds. The smallest absolute Gasteiger partial charge is 0.107 e. The van der Waals surface area contributed by atoms with Crippen LogP contribution in [-0.2, 0) is 13.0 Å². The van der Waals surface area contributed by atoms with E-state index in [1.807, 2.05) is 23.8 Å².